The molecule has 0 aliphatic heterocycles. The Morgan fingerprint density at radius 3 is 2.42 bits per heavy atom. The van der Waals surface area contributed by atoms with Gasteiger partial charge in [0.25, 0.3) is 5.91 Å². The van der Waals surface area contributed by atoms with E-state index in [1.54, 1.807) is 25.0 Å². The minimum Gasteiger partial charge on any atom is -0.497 e. The summed E-state index contributed by atoms with van der Waals surface area (Å²) in [6.07, 6.45) is 5.94. The van der Waals surface area contributed by atoms with Gasteiger partial charge >= 0.3 is 5.97 Å². The van der Waals surface area contributed by atoms with Crippen molar-refractivity contribution in [2.24, 2.45) is 11.8 Å². The predicted octanol–water partition coefficient (Wildman–Crippen LogP) is 3.58. The third kappa shape index (κ3) is 7.72. The second-order valence-corrected chi connectivity index (χ2v) is 10.1. The Balaban J connectivity index is 1.89. The van der Waals surface area contributed by atoms with Crippen LogP contribution in [-0.4, -0.2) is 61.5 Å². The van der Waals surface area contributed by atoms with Crippen LogP contribution in [0.4, 0.5) is 0 Å². The zero-order valence-electron chi connectivity index (χ0n) is 23.0. The molecule has 38 heavy (non-hydrogen) atoms. The maximum absolute atomic E-state index is 13.4. The quantitative estimate of drug-likeness (QED) is 0.404. The molecule has 10 heteroatoms. The largest absolute Gasteiger partial charge is 0.497 e. The minimum absolute atomic E-state index is 0.194. The van der Waals surface area contributed by atoms with Gasteiger partial charge in [-0.3, -0.25) is 19.1 Å². The lowest BCUT2D eigenvalue weighted by Gasteiger charge is -2.26. The summed E-state index contributed by atoms with van der Waals surface area (Å²) >= 11 is 0. The van der Waals surface area contributed by atoms with Crippen LogP contribution in [0, 0.1) is 11.8 Å². The molecule has 208 valence electrons. The number of carbonyl (C=O) groups excluding carboxylic acids is 3. The monoisotopic (exact) mass is 528 g/mol. The Kier molecular flexibility index (Phi) is 10.6. The Morgan fingerprint density at radius 1 is 1.05 bits per heavy atom. The normalized spacial score (nSPS) is 14.6. The number of methoxy groups -OCH3 is 3. The Morgan fingerprint density at radius 2 is 1.79 bits per heavy atom. The fraction of sp³-hybridized carbons (Fsp3) is 0.571. The minimum atomic E-state index is -0.791. The number of nitrogens with zero attached hydrogens (tertiary/aromatic N) is 2. The molecule has 1 saturated carbocycles. The number of nitrogens with one attached hydrogen (secondary N) is 2. The lowest BCUT2D eigenvalue weighted by molar-refractivity contribution is -0.141. The average molecular weight is 529 g/mol. The molecule has 0 bridgehead atoms. The summed E-state index contributed by atoms with van der Waals surface area (Å²) < 4.78 is 17.4. The van der Waals surface area contributed by atoms with E-state index in [1.165, 1.54) is 13.5 Å². The van der Waals surface area contributed by atoms with E-state index in [0.717, 1.165) is 31.2 Å². The van der Waals surface area contributed by atoms with Gasteiger partial charge in [-0.1, -0.05) is 46.0 Å². The third-order valence-corrected chi connectivity index (χ3v) is 6.78. The van der Waals surface area contributed by atoms with Gasteiger partial charge in [-0.25, -0.2) is 0 Å². The lowest BCUT2D eigenvalue weighted by Crippen LogP contribution is -2.49. The molecule has 1 aromatic heterocycles. The fourth-order valence-electron chi connectivity index (χ4n) is 4.82. The molecule has 1 fully saturated rings. The first-order chi connectivity index (χ1) is 18.2. The van der Waals surface area contributed by atoms with Gasteiger partial charge in [0.1, 0.15) is 24.1 Å². The first kappa shape index (κ1) is 29.0. The highest BCUT2D eigenvalue weighted by molar-refractivity contribution is 5.97. The molecule has 0 spiro atoms. The maximum Gasteiger partial charge on any atom is 0.325 e. The summed E-state index contributed by atoms with van der Waals surface area (Å²) in [7, 11) is 4.44. The summed E-state index contributed by atoms with van der Waals surface area (Å²) in [5.74, 6) is 0.456. The molecule has 0 radical (unpaired) electrons. The van der Waals surface area contributed by atoms with E-state index in [-0.39, 0.29) is 18.2 Å². The molecule has 0 saturated heterocycles. The molecular weight excluding hydrogens is 488 g/mol. The molecule has 1 aliphatic carbocycles. The lowest BCUT2D eigenvalue weighted by atomic mass is 9.84. The van der Waals surface area contributed by atoms with Crippen LogP contribution in [0.5, 0.6) is 11.5 Å². The van der Waals surface area contributed by atoms with E-state index >= 15 is 0 Å². The second kappa shape index (κ2) is 13.8. The van der Waals surface area contributed by atoms with Crippen LogP contribution >= 0.6 is 0 Å². The smallest absolute Gasteiger partial charge is 0.325 e. The van der Waals surface area contributed by atoms with Crippen molar-refractivity contribution in [2.45, 2.75) is 65.0 Å². The Labute approximate surface area is 224 Å². The van der Waals surface area contributed by atoms with E-state index in [1.807, 2.05) is 18.2 Å². The topological polar surface area (TPSA) is 121 Å². The molecule has 1 aliphatic rings. The van der Waals surface area contributed by atoms with Gasteiger partial charge in [0, 0.05) is 12.1 Å². The van der Waals surface area contributed by atoms with Crippen molar-refractivity contribution in [1.82, 2.24) is 20.4 Å². The van der Waals surface area contributed by atoms with Gasteiger partial charge in [0.05, 0.1) is 27.0 Å². The van der Waals surface area contributed by atoms with Crippen molar-refractivity contribution < 1.29 is 28.6 Å². The van der Waals surface area contributed by atoms with Gasteiger partial charge < -0.3 is 24.8 Å². The van der Waals surface area contributed by atoms with Crippen molar-refractivity contribution in [3.63, 3.8) is 0 Å². The summed E-state index contributed by atoms with van der Waals surface area (Å²) in [4.78, 5) is 38.0. The SMILES string of the molecule is COC(=O)CNC(=O)[C@H](CC1CCCCC1)NC(=O)c1cc(-c2cc(OC)ccc2OC)n(CC(C)C)n1. The zero-order valence-corrected chi connectivity index (χ0v) is 23.0. The first-order valence-electron chi connectivity index (χ1n) is 13.2. The molecule has 2 N–H and O–H groups in total. The van der Waals surface area contributed by atoms with Crippen LogP contribution < -0.4 is 20.1 Å². The first-order valence-corrected chi connectivity index (χ1v) is 13.2. The molecule has 0 unspecified atom stereocenters. The van der Waals surface area contributed by atoms with Crippen LogP contribution in [0.25, 0.3) is 11.3 Å². The summed E-state index contributed by atoms with van der Waals surface area (Å²) in [5, 5.41) is 10.1. The number of rotatable bonds is 12. The van der Waals surface area contributed by atoms with Crippen LogP contribution in [0.1, 0.15) is 62.9 Å². The maximum atomic E-state index is 13.4. The number of esters is 1. The van der Waals surface area contributed by atoms with Crippen LogP contribution in [0.15, 0.2) is 24.3 Å². The Bertz CT molecular complexity index is 1110. The number of carbonyl (C=O) groups is 3. The van der Waals surface area contributed by atoms with E-state index < -0.39 is 23.8 Å². The van der Waals surface area contributed by atoms with Gasteiger partial charge in [-0.2, -0.15) is 5.10 Å². The van der Waals surface area contributed by atoms with Gasteiger partial charge in [-0.05, 0) is 42.5 Å². The molecule has 1 heterocycles. The molecule has 2 amide bonds. The predicted molar refractivity (Wildman–Crippen MR) is 143 cm³/mol. The standard InChI is InChI=1S/C28H40N4O6/c1-18(2)17-32-24(21-14-20(36-3)11-12-25(21)37-4)15-23(31-32)28(35)30-22(13-19-9-7-6-8-10-19)27(34)29-16-26(33)38-5/h11-12,14-15,18-19,22H,6-10,13,16-17H2,1-5H3,(H,29,34)(H,30,35)/t22-/m0/s1. The number of aromatic nitrogens is 2. The molecule has 3 rings (SSSR count). The number of ether oxygens (including phenoxy) is 3. The molecule has 1 aromatic carbocycles. The van der Waals surface area contributed by atoms with Crippen LogP contribution in [0.3, 0.4) is 0 Å². The fourth-order valence-corrected chi connectivity index (χ4v) is 4.82. The van der Waals surface area contributed by atoms with E-state index in [4.69, 9.17) is 9.47 Å². The molecule has 1 atom stereocenters. The van der Waals surface area contributed by atoms with Crippen molar-refractivity contribution in [2.75, 3.05) is 27.9 Å². The third-order valence-electron chi connectivity index (χ3n) is 6.78. The van der Waals surface area contributed by atoms with E-state index in [0.29, 0.717) is 36.1 Å². The molecule has 10 nitrogen and oxygen atoms in total. The van der Waals surface area contributed by atoms with Crippen LogP contribution in [-0.2, 0) is 20.9 Å². The summed E-state index contributed by atoms with van der Waals surface area (Å²) in [6.45, 7) is 4.46. The van der Waals surface area contributed by atoms with Gasteiger partial charge in [0.15, 0.2) is 5.69 Å². The highest BCUT2D eigenvalue weighted by atomic mass is 16.5. The van der Waals surface area contributed by atoms with Crippen LogP contribution in [0.2, 0.25) is 0 Å². The van der Waals surface area contributed by atoms with Gasteiger partial charge in [0.2, 0.25) is 5.91 Å². The van der Waals surface area contributed by atoms with E-state index in [9.17, 15) is 14.4 Å². The van der Waals surface area contributed by atoms with Crippen molar-refractivity contribution in [3.05, 3.63) is 30.0 Å². The molecule has 2 aromatic rings. The molecular formula is C28H40N4O6. The second-order valence-electron chi connectivity index (χ2n) is 10.1. The number of hydrogen-bond acceptors (Lipinski definition) is 7. The highest BCUT2D eigenvalue weighted by Gasteiger charge is 2.28. The van der Waals surface area contributed by atoms with Gasteiger partial charge in [-0.15, -0.1) is 0 Å². The summed E-state index contributed by atoms with van der Waals surface area (Å²) in [5.41, 5.74) is 1.65. The Hall–Kier alpha value is -3.56. The highest BCUT2D eigenvalue weighted by Crippen LogP contribution is 2.34. The number of hydrogen-bond donors (Lipinski definition) is 2. The summed E-state index contributed by atoms with van der Waals surface area (Å²) in [6, 6.07) is 6.38. The number of amides is 2. The average Bonchev–Trinajstić information content (AvgIpc) is 3.34. The van der Waals surface area contributed by atoms with Crippen molar-refractivity contribution >= 4 is 17.8 Å². The zero-order chi connectivity index (χ0) is 27.7. The van der Waals surface area contributed by atoms with Crippen molar-refractivity contribution in [1.29, 1.82) is 0 Å². The van der Waals surface area contributed by atoms with Crippen molar-refractivity contribution in [3.8, 4) is 22.8 Å². The van der Waals surface area contributed by atoms with E-state index in [2.05, 4.69) is 34.3 Å². The number of benzene rings is 1.